The van der Waals surface area contributed by atoms with Gasteiger partial charge in [-0.15, -0.1) is 0 Å². The topological polar surface area (TPSA) is 20.2 Å². The fraction of sp³-hybridized carbons (Fsp3) is 0.562. The van der Waals surface area contributed by atoms with Crippen LogP contribution in [0.15, 0.2) is 12.1 Å². The SMILES string of the molecule is [CH2]c1c(C(C)(C)C)cc(CO)cc1C(C)(C)C. The van der Waals surface area contributed by atoms with Crippen molar-refractivity contribution < 1.29 is 5.11 Å². The fourth-order valence-corrected chi connectivity index (χ4v) is 2.16. The van der Waals surface area contributed by atoms with Crippen molar-refractivity contribution in [3.63, 3.8) is 0 Å². The summed E-state index contributed by atoms with van der Waals surface area (Å²) >= 11 is 0. The Hall–Kier alpha value is -0.820. The highest BCUT2D eigenvalue weighted by Crippen LogP contribution is 2.34. The minimum absolute atomic E-state index is 0.0578. The maximum absolute atomic E-state index is 9.39. The summed E-state index contributed by atoms with van der Waals surface area (Å²) in [6.07, 6.45) is 0. The zero-order valence-electron chi connectivity index (χ0n) is 12.0. The Balaban J connectivity index is 3.53. The zero-order valence-corrected chi connectivity index (χ0v) is 12.0. The Morgan fingerprint density at radius 2 is 1.29 bits per heavy atom. The first kappa shape index (κ1) is 14.2. The number of hydrogen-bond donors (Lipinski definition) is 1. The number of aliphatic hydroxyl groups excluding tert-OH is 1. The predicted molar refractivity (Wildman–Crippen MR) is 74.2 cm³/mol. The number of hydrogen-bond acceptors (Lipinski definition) is 1. The second-order valence-corrected chi connectivity index (χ2v) is 6.83. The largest absolute Gasteiger partial charge is 0.392 e. The van der Waals surface area contributed by atoms with Crippen LogP contribution in [0.4, 0.5) is 0 Å². The Labute approximate surface area is 106 Å². The molecule has 17 heavy (non-hydrogen) atoms. The van der Waals surface area contributed by atoms with Crippen LogP contribution in [-0.4, -0.2) is 5.11 Å². The molecule has 0 saturated carbocycles. The average molecular weight is 233 g/mol. The van der Waals surface area contributed by atoms with Gasteiger partial charge >= 0.3 is 0 Å². The monoisotopic (exact) mass is 233 g/mol. The molecule has 0 aromatic heterocycles. The van der Waals surface area contributed by atoms with Crippen LogP contribution in [0.1, 0.15) is 63.8 Å². The van der Waals surface area contributed by atoms with E-state index in [2.05, 4.69) is 60.6 Å². The first-order chi connectivity index (χ1) is 7.57. The smallest absolute Gasteiger partial charge is 0.0682 e. The predicted octanol–water partition coefficient (Wildman–Crippen LogP) is 3.96. The lowest BCUT2D eigenvalue weighted by Gasteiger charge is -2.29. The Bertz CT molecular complexity index is 368. The van der Waals surface area contributed by atoms with Gasteiger partial charge in [0.2, 0.25) is 0 Å². The molecular formula is C16H25O. The molecule has 1 rings (SSSR count). The van der Waals surface area contributed by atoms with Crippen LogP contribution in [0.5, 0.6) is 0 Å². The van der Waals surface area contributed by atoms with Crippen LogP contribution in [-0.2, 0) is 17.4 Å². The zero-order chi connectivity index (χ0) is 13.4. The number of rotatable bonds is 1. The molecule has 0 unspecified atom stereocenters. The summed E-state index contributed by atoms with van der Waals surface area (Å²) in [5, 5.41) is 9.39. The van der Waals surface area contributed by atoms with Gasteiger partial charge in [0, 0.05) is 0 Å². The second kappa shape index (κ2) is 4.45. The van der Waals surface area contributed by atoms with Crippen LogP contribution in [0.3, 0.4) is 0 Å². The summed E-state index contributed by atoms with van der Waals surface area (Å²) < 4.78 is 0. The summed E-state index contributed by atoms with van der Waals surface area (Å²) in [7, 11) is 0. The molecule has 0 aliphatic rings. The highest BCUT2D eigenvalue weighted by atomic mass is 16.3. The molecule has 1 radical (unpaired) electrons. The lowest BCUT2D eigenvalue weighted by atomic mass is 9.76. The quantitative estimate of drug-likeness (QED) is 0.778. The molecular weight excluding hydrogens is 208 g/mol. The van der Waals surface area contributed by atoms with E-state index in [0.717, 1.165) is 11.1 Å². The molecule has 0 spiro atoms. The van der Waals surface area contributed by atoms with Gasteiger partial charge in [0.1, 0.15) is 0 Å². The first-order valence-electron chi connectivity index (χ1n) is 6.18. The van der Waals surface area contributed by atoms with E-state index in [1.54, 1.807) is 0 Å². The van der Waals surface area contributed by atoms with Gasteiger partial charge in [-0.05, 0) is 40.0 Å². The minimum Gasteiger partial charge on any atom is -0.392 e. The molecule has 0 amide bonds. The molecule has 0 aliphatic heterocycles. The average Bonchev–Trinajstić information content (AvgIpc) is 2.14. The molecule has 1 nitrogen and oxygen atoms in total. The minimum atomic E-state index is 0.0578. The van der Waals surface area contributed by atoms with Crippen LogP contribution < -0.4 is 0 Å². The third-order valence-electron chi connectivity index (χ3n) is 3.11. The van der Waals surface area contributed by atoms with E-state index in [4.69, 9.17) is 0 Å². The van der Waals surface area contributed by atoms with Crippen molar-refractivity contribution in [1.82, 2.24) is 0 Å². The van der Waals surface area contributed by atoms with E-state index in [0.29, 0.717) is 0 Å². The highest BCUT2D eigenvalue weighted by Gasteiger charge is 2.24. The van der Waals surface area contributed by atoms with Gasteiger partial charge in [-0.3, -0.25) is 0 Å². The first-order valence-corrected chi connectivity index (χ1v) is 6.18. The van der Waals surface area contributed by atoms with Gasteiger partial charge in [0.25, 0.3) is 0 Å². The molecule has 0 bridgehead atoms. The Morgan fingerprint density at radius 3 is 1.53 bits per heavy atom. The van der Waals surface area contributed by atoms with Crippen LogP contribution in [0.2, 0.25) is 0 Å². The van der Waals surface area contributed by atoms with Gasteiger partial charge in [0.05, 0.1) is 6.61 Å². The maximum Gasteiger partial charge on any atom is 0.0682 e. The van der Waals surface area contributed by atoms with Crippen molar-refractivity contribution in [1.29, 1.82) is 0 Å². The van der Waals surface area contributed by atoms with Crippen molar-refractivity contribution in [2.24, 2.45) is 0 Å². The van der Waals surface area contributed by atoms with E-state index in [1.807, 2.05) is 0 Å². The second-order valence-electron chi connectivity index (χ2n) is 6.83. The Morgan fingerprint density at radius 1 is 0.941 bits per heavy atom. The summed E-state index contributed by atoms with van der Waals surface area (Å²) in [6.45, 7) is 17.4. The van der Waals surface area contributed by atoms with Crippen LogP contribution in [0, 0.1) is 6.92 Å². The fourth-order valence-electron chi connectivity index (χ4n) is 2.16. The molecule has 95 valence electrons. The van der Waals surface area contributed by atoms with E-state index in [1.165, 1.54) is 11.1 Å². The number of aliphatic hydroxyl groups is 1. The molecule has 1 heteroatoms. The van der Waals surface area contributed by atoms with E-state index >= 15 is 0 Å². The molecule has 1 N–H and O–H groups in total. The van der Waals surface area contributed by atoms with Gasteiger partial charge < -0.3 is 5.11 Å². The van der Waals surface area contributed by atoms with Crippen LogP contribution >= 0.6 is 0 Å². The molecule has 0 aliphatic carbocycles. The summed E-state index contributed by atoms with van der Waals surface area (Å²) in [5.74, 6) is 0. The van der Waals surface area contributed by atoms with Gasteiger partial charge in [0.15, 0.2) is 0 Å². The molecule has 0 atom stereocenters. The van der Waals surface area contributed by atoms with Gasteiger partial charge in [-0.25, -0.2) is 0 Å². The maximum atomic E-state index is 9.39. The third-order valence-corrected chi connectivity index (χ3v) is 3.11. The Kier molecular flexibility index (Phi) is 3.73. The molecule has 0 saturated heterocycles. The van der Waals surface area contributed by atoms with Crippen molar-refractivity contribution in [3.05, 3.63) is 41.3 Å². The van der Waals surface area contributed by atoms with Crippen molar-refractivity contribution in [2.75, 3.05) is 0 Å². The normalized spacial score (nSPS) is 12.9. The standard InChI is InChI=1S/C16H25O/c1-11-13(15(2,3)4)8-12(10-17)9-14(11)16(5,6)7/h8-9,17H,1,10H2,2-7H3. The van der Waals surface area contributed by atoms with E-state index in [-0.39, 0.29) is 17.4 Å². The lowest BCUT2D eigenvalue weighted by Crippen LogP contribution is -2.20. The highest BCUT2D eigenvalue weighted by molar-refractivity contribution is 5.47. The summed E-state index contributed by atoms with van der Waals surface area (Å²) in [5.41, 5.74) is 4.67. The van der Waals surface area contributed by atoms with E-state index < -0.39 is 0 Å². The van der Waals surface area contributed by atoms with Crippen molar-refractivity contribution >= 4 is 0 Å². The van der Waals surface area contributed by atoms with Crippen LogP contribution in [0.25, 0.3) is 0 Å². The molecule has 1 aromatic rings. The van der Waals surface area contributed by atoms with Gasteiger partial charge in [-0.1, -0.05) is 53.7 Å². The molecule has 1 aromatic carbocycles. The summed E-state index contributed by atoms with van der Waals surface area (Å²) in [6, 6.07) is 4.16. The molecule has 0 fully saturated rings. The number of benzene rings is 1. The summed E-state index contributed by atoms with van der Waals surface area (Å²) in [4.78, 5) is 0. The lowest BCUT2D eigenvalue weighted by molar-refractivity contribution is 0.281. The van der Waals surface area contributed by atoms with E-state index in [9.17, 15) is 5.11 Å². The van der Waals surface area contributed by atoms with Crippen molar-refractivity contribution in [3.8, 4) is 0 Å². The van der Waals surface area contributed by atoms with Gasteiger partial charge in [-0.2, -0.15) is 0 Å². The third kappa shape index (κ3) is 3.10. The molecule has 0 heterocycles. The van der Waals surface area contributed by atoms with Crippen molar-refractivity contribution in [2.45, 2.75) is 59.0 Å².